The number of benzene rings is 1. The summed E-state index contributed by atoms with van der Waals surface area (Å²) < 4.78 is 0.954. The molecule has 3 rings (SSSR count). The van der Waals surface area contributed by atoms with E-state index in [0.29, 0.717) is 0 Å². The zero-order chi connectivity index (χ0) is 11.8. The maximum absolute atomic E-state index is 4.45. The van der Waals surface area contributed by atoms with E-state index in [0.717, 1.165) is 46.1 Å². The van der Waals surface area contributed by atoms with Gasteiger partial charge in [0.25, 0.3) is 0 Å². The summed E-state index contributed by atoms with van der Waals surface area (Å²) in [5.41, 5.74) is 2.93. The molecule has 0 amide bonds. The number of guanidine groups is 1. The number of H-pyrrole nitrogens is 1. The van der Waals surface area contributed by atoms with Crippen molar-refractivity contribution in [3.8, 4) is 0 Å². The van der Waals surface area contributed by atoms with Crippen molar-refractivity contribution in [3.63, 3.8) is 0 Å². The number of nitrogens with zero attached hydrogens (tertiary/aromatic N) is 2. The number of aromatic amines is 1. The molecule has 3 N–H and O–H groups in total. The lowest BCUT2D eigenvalue weighted by molar-refractivity contribution is 0.959. The first-order chi connectivity index (χ1) is 8.24. The van der Waals surface area contributed by atoms with Crippen LogP contribution < -0.4 is 10.6 Å². The fourth-order valence-electron chi connectivity index (χ4n) is 1.87. The number of aromatic nitrogens is 2. The molecule has 0 unspecified atom stereocenters. The Bertz CT molecular complexity index is 601. The van der Waals surface area contributed by atoms with Gasteiger partial charge in [-0.1, -0.05) is 0 Å². The van der Waals surface area contributed by atoms with Gasteiger partial charge < -0.3 is 15.6 Å². The number of aryl methyl sites for hydroxylation is 1. The minimum Gasteiger partial charge on any atom is -0.354 e. The SMILES string of the molecule is Cc1nc2c(Br)c(NC3=NCCN3)ccc2[nH]1. The largest absolute Gasteiger partial charge is 0.354 e. The number of imidazole rings is 1. The first-order valence-corrected chi connectivity index (χ1v) is 6.23. The molecule has 2 heterocycles. The number of nitrogens with one attached hydrogen (secondary N) is 3. The number of halogens is 1. The van der Waals surface area contributed by atoms with Crippen molar-refractivity contribution in [3.05, 3.63) is 22.4 Å². The van der Waals surface area contributed by atoms with Gasteiger partial charge in [-0.05, 0) is 35.0 Å². The predicted octanol–water partition coefficient (Wildman–Crippen LogP) is 2.00. The molecule has 0 atom stereocenters. The smallest absolute Gasteiger partial charge is 0.195 e. The van der Waals surface area contributed by atoms with E-state index in [1.54, 1.807) is 0 Å². The number of hydrogen-bond donors (Lipinski definition) is 3. The van der Waals surface area contributed by atoms with E-state index in [9.17, 15) is 0 Å². The highest BCUT2D eigenvalue weighted by atomic mass is 79.9. The lowest BCUT2D eigenvalue weighted by Crippen LogP contribution is -2.26. The zero-order valence-corrected chi connectivity index (χ0v) is 10.9. The molecule has 0 bridgehead atoms. The van der Waals surface area contributed by atoms with Crippen LogP contribution in [0.2, 0.25) is 0 Å². The van der Waals surface area contributed by atoms with Gasteiger partial charge >= 0.3 is 0 Å². The van der Waals surface area contributed by atoms with Crippen LogP contribution in [0.1, 0.15) is 5.82 Å². The first-order valence-electron chi connectivity index (χ1n) is 5.44. The van der Waals surface area contributed by atoms with Crippen molar-refractivity contribution in [1.82, 2.24) is 15.3 Å². The van der Waals surface area contributed by atoms with Gasteiger partial charge in [-0.2, -0.15) is 0 Å². The highest BCUT2D eigenvalue weighted by Gasteiger charge is 2.11. The molecule has 0 aliphatic carbocycles. The van der Waals surface area contributed by atoms with Crippen molar-refractivity contribution >= 4 is 38.6 Å². The summed E-state index contributed by atoms with van der Waals surface area (Å²) in [6, 6.07) is 4.02. The second-order valence-corrected chi connectivity index (χ2v) is 4.72. The number of aliphatic imine (C=N–C) groups is 1. The molecule has 1 aliphatic heterocycles. The molecule has 1 aromatic carbocycles. The monoisotopic (exact) mass is 293 g/mol. The van der Waals surface area contributed by atoms with Crippen LogP contribution in [0, 0.1) is 6.92 Å². The van der Waals surface area contributed by atoms with Crippen molar-refractivity contribution in [1.29, 1.82) is 0 Å². The third-order valence-electron chi connectivity index (χ3n) is 2.64. The standard InChI is InChI=1S/C11H12BrN5/c1-6-15-8-3-2-7(9(12)10(8)16-6)17-11-13-4-5-14-11/h2-3H,4-5H2,1H3,(H,15,16)(H2,13,14,17). The molecule has 1 aromatic heterocycles. The molecule has 0 radical (unpaired) electrons. The molecule has 6 heteroatoms. The first kappa shape index (κ1) is 10.6. The van der Waals surface area contributed by atoms with Gasteiger partial charge in [-0.3, -0.25) is 4.99 Å². The summed E-state index contributed by atoms with van der Waals surface area (Å²) in [6.07, 6.45) is 0. The van der Waals surface area contributed by atoms with Crippen molar-refractivity contribution in [2.75, 3.05) is 18.4 Å². The Balaban J connectivity index is 2.01. The van der Waals surface area contributed by atoms with E-state index in [1.165, 1.54) is 0 Å². The molecule has 0 saturated heterocycles. The summed E-state index contributed by atoms with van der Waals surface area (Å²) in [5.74, 6) is 1.73. The minimum absolute atomic E-state index is 0.817. The van der Waals surface area contributed by atoms with Crippen LogP contribution in [-0.2, 0) is 0 Å². The van der Waals surface area contributed by atoms with Gasteiger partial charge in [0.1, 0.15) is 11.3 Å². The molecule has 0 fully saturated rings. The number of hydrogen-bond acceptors (Lipinski definition) is 4. The van der Waals surface area contributed by atoms with Gasteiger partial charge in [0.15, 0.2) is 5.96 Å². The van der Waals surface area contributed by atoms with Gasteiger partial charge in [0.05, 0.1) is 22.2 Å². The Morgan fingerprint density at radius 3 is 3.06 bits per heavy atom. The summed E-state index contributed by atoms with van der Waals surface area (Å²) >= 11 is 3.57. The maximum Gasteiger partial charge on any atom is 0.195 e. The maximum atomic E-state index is 4.45. The highest BCUT2D eigenvalue weighted by Crippen LogP contribution is 2.30. The van der Waals surface area contributed by atoms with E-state index in [2.05, 4.69) is 41.5 Å². The average molecular weight is 294 g/mol. The molecular formula is C11H12BrN5. The lowest BCUT2D eigenvalue weighted by atomic mass is 10.3. The van der Waals surface area contributed by atoms with E-state index < -0.39 is 0 Å². The minimum atomic E-state index is 0.817. The van der Waals surface area contributed by atoms with E-state index in [1.807, 2.05) is 19.1 Å². The van der Waals surface area contributed by atoms with Gasteiger partial charge in [0.2, 0.25) is 0 Å². The molecule has 1 aliphatic rings. The van der Waals surface area contributed by atoms with Crippen LogP contribution in [0.25, 0.3) is 11.0 Å². The van der Waals surface area contributed by atoms with Gasteiger partial charge in [0, 0.05) is 6.54 Å². The highest BCUT2D eigenvalue weighted by molar-refractivity contribution is 9.10. The zero-order valence-electron chi connectivity index (χ0n) is 9.34. The topological polar surface area (TPSA) is 65.1 Å². The van der Waals surface area contributed by atoms with Crippen LogP contribution >= 0.6 is 15.9 Å². The molecular weight excluding hydrogens is 282 g/mol. The van der Waals surface area contributed by atoms with Crippen LogP contribution in [0.3, 0.4) is 0 Å². The molecule has 5 nitrogen and oxygen atoms in total. The second kappa shape index (κ2) is 4.03. The van der Waals surface area contributed by atoms with Crippen LogP contribution in [-0.4, -0.2) is 29.0 Å². The Labute approximate surface area is 107 Å². The van der Waals surface area contributed by atoms with Crippen LogP contribution in [0.5, 0.6) is 0 Å². The Morgan fingerprint density at radius 2 is 2.29 bits per heavy atom. The molecule has 0 saturated carbocycles. The van der Waals surface area contributed by atoms with Crippen molar-refractivity contribution in [2.24, 2.45) is 4.99 Å². The van der Waals surface area contributed by atoms with E-state index >= 15 is 0 Å². The molecule has 2 aromatic rings. The number of anilines is 1. The fourth-order valence-corrected chi connectivity index (χ4v) is 2.40. The van der Waals surface area contributed by atoms with Gasteiger partial charge in [-0.25, -0.2) is 4.98 Å². The van der Waals surface area contributed by atoms with Crippen molar-refractivity contribution in [2.45, 2.75) is 6.92 Å². The van der Waals surface area contributed by atoms with Crippen LogP contribution in [0.15, 0.2) is 21.6 Å². The second-order valence-electron chi connectivity index (χ2n) is 3.93. The van der Waals surface area contributed by atoms with E-state index in [-0.39, 0.29) is 0 Å². The Hall–Kier alpha value is -1.56. The summed E-state index contributed by atoms with van der Waals surface area (Å²) in [6.45, 7) is 3.66. The summed E-state index contributed by atoms with van der Waals surface area (Å²) in [4.78, 5) is 12.0. The van der Waals surface area contributed by atoms with Gasteiger partial charge in [-0.15, -0.1) is 0 Å². The molecule has 88 valence electrons. The summed E-state index contributed by atoms with van der Waals surface area (Å²) in [7, 11) is 0. The predicted molar refractivity (Wildman–Crippen MR) is 72.5 cm³/mol. The number of fused-ring (bicyclic) bond motifs is 1. The number of rotatable bonds is 1. The average Bonchev–Trinajstić information content (AvgIpc) is 2.91. The van der Waals surface area contributed by atoms with Crippen LogP contribution in [0.4, 0.5) is 5.69 Å². The third kappa shape index (κ3) is 1.88. The molecule has 0 spiro atoms. The third-order valence-corrected chi connectivity index (χ3v) is 3.44. The van der Waals surface area contributed by atoms with Crippen molar-refractivity contribution < 1.29 is 0 Å². The normalized spacial score (nSPS) is 14.8. The fraction of sp³-hybridized carbons (Fsp3) is 0.273. The quantitative estimate of drug-likeness (QED) is 0.754. The lowest BCUT2D eigenvalue weighted by Gasteiger charge is -2.08. The Kier molecular flexibility index (Phi) is 2.51. The Morgan fingerprint density at radius 1 is 1.41 bits per heavy atom. The summed E-state index contributed by atoms with van der Waals surface area (Å²) in [5, 5.41) is 6.42. The molecule has 17 heavy (non-hydrogen) atoms. The van der Waals surface area contributed by atoms with E-state index in [4.69, 9.17) is 0 Å².